The number of likely N-dealkylation sites (N-methyl/N-ethyl adjacent to an activating group) is 1. The molecule has 7 heteroatoms. The van der Waals surface area contributed by atoms with Gasteiger partial charge in [0.15, 0.2) is 11.5 Å². The Morgan fingerprint density at radius 3 is 2.83 bits per heavy atom. The molecule has 2 N–H and O–H groups in total. The molecule has 6 rings (SSSR count). The number of aliphatic hydroxyl groups excluding tert-OH is 2. The highest BCUT2D eigenvalue weighted by molar-refractivity contribution is 5.62. The molecule has 0 saturated carbocycles. The normalized spacial score (nSPS) is 39.5. The Morgan fingerprint density at radius 2 is 2.00 bits per heavy atom. The lowest BCUT2D eigenvalue weighted by Crippen LogP contribution is -2.65. The van der Waals surface area contributed by atoms with Crippen LogP contribution in [0.4, 0.5) is 0 Å². The Balaban J connectivity index is 1.36. The van der Waals surface area contributed by atoms with Crippen LogP contribution < -0.4 is 9.47 Å². The summed E-state index contributed by atoms with van der Waals surface area (Å²) in [5.74, 6) is 1.58. The molecule has 0 aromatic heterocycles. The van der Waals surface area contributed by atoms with Gasteiger partial charge in [-0.1, -0.05) is 18.2 Å². The Kier molecular flexibility index (Phi) is 4.41. The van der Waals surface area contributed by atoms with Crippen molar-refractivity contribution in [1.29, 1.82) is 0 Å². The van der Waals surface area contributed by atoms with Gasteiger partial charge in [0.2, 0.25) is 0 Å². The molecule has 2 aliphatic carbocycles. The van der Waals surface area contributed by atoms with E-state index in [1.165, 1.54) is 0 Å². The van der Waals surface area contributed by atoms with Gasteiger partial charge in [0.05, 0.1) is 19.3 Å². The fourth-order valence-corrected chi connectivity index (χ4v) is 6.52. The summed E-state index contributed by atoms with van der Waals surface area (Å²) in [5, 5.41) is 22.1. The molecule has 1 aromatic carbocycles. The molecular formula is C23H30N2O5. The van der Waals surface area contributed by atoms with Crippen molar-refractivity contribution >= 4 is 0 Å². The van der Waals surface area contributed by atoms with Crippen LogP contribution in [0, 0.1) is 5.92 Å². The molecule has 0 unspecified atom stereocenters. The molecule has 2 saturated heterocycles. The summed E-state index contributed by atoms with van der Waals surface area (Å²) in [4.78, 5) is 4.60. The lowest BCUT2D eigenvalue weighted by atomic mass is 9.52. The van der Waals surface area contributed by atoms with Crippen molar-refractivity contribution in [1.82, 2.24) is 9.80 Å². The van der Waals surface area contributed by atoms with Gasteiger partial charge in [-0.25, -0.2) is 0 Å². The molecule has 0 amide bonds. The van der Waals surface area contributed by atoms with E-state index in [-0.39, 0.29) is 23.5 Å². The van der Waals surface area contributed by atoms with Crippen LogP contribution in [-0.2, 0) is 10.2 Å². The third kappa shape index (κ3) is 2.50. The summed E-state index contributed by atoms with van der Waals surface area (Å²) < 4.78 is 18.1. The highest BCUT2D eigenvalue weighted by Gasteiger charge is 2.66. The number of benzene rings is 1. The van der Waals surface area contributed by atoms with E-state index < -0.39 is 12.2 Å². The molecule has 30 heavy (non-hydrogen) atoms. The minimum Gasteiger partial charge on any atom is -0.488 e. The number of hydrogen-bond acceptors (Lipinski definition) is 7. The number of ether oxygens (including phenoxy) is 3. The van der Waals surface area contributed by atoms with Gasteiger partial charge in [-0.2, -0.15) is 0 Å². The zero-order chi connectivity index (χ0) is 20.5. The molecule has 7 nitrogen and oxygen atoms in total. The van der Waals surface area contributed by atoms with E-state index in [1.54, 1.807) is 0 Å². The lowest BCUT2D eigenvalue weighted by Gasteiger charge is -2.57. The molecule has 2 fully saturated rings. The first kappa shape index (κ1) is 19.1. The van der Waals surface area contributed by atoms with Gasteiger partial charge in [0.1, 0.15) is 18.8 Å². The minimum absolute atomic E-state index is 0.000129. The highest BCUT2D eigenvalue weighted by Crippen LogP contribution is 2.64. The summed E-state index contributed by atoms with van der Waals surface area (Å²) in [6.07, 6.45) is 3.31. The fraction of sp³-hybridized carbons (Fsp3) is 0.652. The maximum atomic E-state index is 11.3. The first-order valence-electron chi connectivity index (χ1n) is 11.1. The van der Waals surface area contributed by atoms with Gasteiger partial charge in [0.25, 0.3) is 0 Å². The summed E-state index contributed by atoms with van der Waals surface area (Å²) in [7, 11) is 2.08. The zero-order valence-corrected chi connectivity index (χ0v) is 17.4. The summed E-state index contributed by atoms with van der Waals surface area (Å²) in [6, 6.07) is 3.94. The molecule has 1 aromatic rings. The molecule has 6 atom stereocenters. The third-order valence-electron chi connectivity index (χ3n) is 7.96. The topological polar surface area (TPSA) is 74.6 Å². The SMILES string of the molecule is CN1CC[C@]23c4c5ccc(OCCN6CCOCC6)c4O[C@H]2[C@@H](O)C=C[C@H]3[C@H]1[C@H]5O. The van der Waals surface area contributed by atoms with Gasteiger partial charge in [0, 0.05) is 42.6 Å². The van der Waals surface area contributed by atoms with Crippen molar-refractivity contribution in [3.05, 3.63) is 35.4 Å². The van der Waals surface area contributed by atoms with Gasteiger partial charge in [-0.3, -0.25) is 9.80 Å². The first-order valence-corrected chi connectivity index (χ1v) is 11.1. The molecule has 3 aliphatic heterocycles. The number of hydrogen-bond donors (Lipinski definition) is 2. The van der Waals surface area contributed by atoms with Crippen LogP contribution >= 0.6 is 0 Å². The van der Waals surface area contributed by atoms with Gasteiger partial charge >= 0.3 is 0 Å². The number of morpholine rings is 1. The van der Waals surface area contributed by atoms with Gasteiger partial charge < -0.3 is 24.4 Å². The van der Waals surface area contributed by atoms with E-state index in [0.717, 1.165) is 68.4 Å². The maximum Gasteiger partial charge on any atom is 0.166 e. The molecule has 5 aliphatic rings. The van der Waals surface area contributed by atoms with E-state index in [9.17, 15) is 10.2 Å². The third-order valence-corrected chi connectivity index (χ3v) is 7.96. The zero-order valence-electron chi connectivity index (χ0n) is 17.4. The van der Waals surface area contributed by atoms with Crippen LogP contribution in [0.3, 0.4) is 0 Å². The molecule has 3 heterocycles. The standard InChI is InChI=1S/C23H30N2O5/c1-24-7-6-23-15-3-4-16(26)22(23)30-21-17(29-13-10-25-8-11-28-12-9-25)5-2-14(18(21)23)20(27)19(15)24/h2-5,15-16,19-20,22,26-27H,6-13H2,1H3/t15-,16-,19-,20-,22-,23-/m0/s1. The van der Waals surface area contributed by atoms with Crippen molar-refractivity contribution < 1.29 is 24.4 Å². The van der Waals surface area contributed by atoms with E-state index in [1.807, 2.05) is 18.2 Å². The van der Waals surface area contributed by atoms with Crippen LogP contribution in [-0.4, -0.2) is 91.3 Å². The minimum atomic E-state index is -0.651. The predicted octanol–water partition coefficient (Wildman–Crippen LogP) is 0.694. The van der Waals surface area contributed by atoms with Crippen molar-refractivity contribution in [3.63, 3.8) is 0 Å². The highest BCUT2D eigenvalue weighted by atomic mass is 16.5. The molecule has 162 valence electrons. The number of piperidine rings is 1. The van der Waals surface area contributed by atoms with E-state index in [0.29, 0.717) is 6.61 Å². The summed E-state index contributed by atoms with van der Waals surface area (Å²) in [5.41, 5.74) is 1.71. The second kappa shape index (κ2) is 6.93. The van der Waals surface area contributed by atoms with Gasteiger partial charge in [-0.15, -0.1) is 0 Å². The van der Waals surface area contributed by atoms with Crippen LogP contribution in [0.2, 0.25) is 0 Å². The average Bonchev–Trinajstić information content (AvgIpc) is 3.11. The maximum absolute atomic E-state index is 11.3. The Hall–Kier alpha value is -1.64. The Morgan fingerprint density at radius 1 is 1.17 bits per heavy atom. The van der Waals surface area contributed by atoms with Crippen molar-refractivity contribution in [2.24, 2.45) is 5.92 Å². The second-order valence-electron chi connectivity index (χ2n) is 9.31. The monoisotopic (exact) mass is 414 g/mol. The van der Waals surface area contributed by atoms with Crippen molar-refractivity contribution in [3.8, 4) is 11.5 Å². The summed E-state index contributed by atoms with van der Waals surface area (Å²) in [6.45, 7) is 5.71. The number of nitrogens with zero attached hydrogens (tertiary/aromatic N) is 2. The number of rotatable bonds is 4. The Bertz CT molecular complexity index is 869. The number of likely N-dealkylation sites (tertiary alicyclic amines) is 1. The Labute approximate surface area is 176 Å². The van der Waals surface area contributed by atoms with Crippen molar-refractivity contribution in [2.75, 3.05) is 53.0 Å². The van der Waals surface area contributed by atoms with Crippen molar-refractivity contribution in [2.45, 2.75) is 36.2 Å². The molecule has 2 bridgehead atoms. The van der Waals surface area contributed by atoms with Crippen LogP contribution in [0.15, 0.2) is 24.3 Å². The molecular weight excluding hydrogens is 384 g/mol. The van der Waals surface area contributed by atoms with E-state index in [4.69, 9.17) is 14.2 Å². The van der Waals surface area contributed by atoms with E-state index in [2.05, 4.69) is 22.9 Å². The molecule has 1 spiro atoms. The smallest absolute Gasteiger partial charge is 0.166 e. The van der Waals surface area contributed by atoms with Crippen LogP contribution in [0.25, 0.3) is 0 Å². The first-order chi connectivity index (χ1) is 14.6. The fourth-order valence-electron chi connectivity index (χ4n) is 6.52. The van der Waals surface area contributed by atoms with Gasteiger partial charge in [-0.05, 0) is 31.6 Å². The largest absolute Gasteiger partial charge is 0.488 e. The van der Waals surface area contributed by atoms with Crippen LogP contribution in [0.1, 0.15) is 23.7 Å². The average molecular weight is 415 g/mol. The second-order valence-corrected chi connectivity index (χ2v) is 9.31. The lowest BCUT2D eigenvalue weighted by molar-refractivity contribution is -0.0823. The summed E-state index contributed by atoms with van der Waals surface area (Å²) >= 11 is 0. The molecule has 0 radical (unpaired) electrons. The van der Waals surface area contributed by atoms with Crippen LogP contribution in [0.5, 0.6) is 11.5 Å². The quantitative estimate of drug-likeness (QED) is 0.703. The predicted molar refractivity (Wildman–Crippen MR) is 110 cm³/mol. The number of aliphatic hydroxyl groups is 2. The van der Waals surface area contributed by atoms with E-state index >= 15 is 0 Å².